The second kappa shape index (κ2) is 8.59. The summed E-state index contributed by atoms with van der Waals surface area (Å²) >= 11 is 1.45. The van der Waals surface area contributed by atoms with Crippen LogP contribution in [0.25, 0.3) is 0 Å². The number of aryl methyl sites for hydroxylation is 1. The lowest BCUT2D eigenvalue weighted by Gasteiger charge is -2.25. The van der Waals surface area contributed by atoms with Gasteiger partial charge in [0, 0.05) is 18.1 Å². The third kappa shape index (κ3) is 4.47. The fourth-order valence-corrected chi connectivity index (χ4v) is 3.74. The molecular formula is C21H20N2O2S. The average Bonchev–Trinajstić information content (AvgIpc) is 2.67. The van der Waals surface area contributed by atoms with Crippen LogP contribution < -0.4 is 10.1 Å². The van der Waals surface area contributed by atoms with Crippen LogP contribution in [-0.4, -0.2) is 18.3 Å². The number of allylic oxidation sites excluding steroid dienone is 1. The molecule has 1 atom stereocenters. The van der Waals surface area contributed by atoms with Gasteiger partial charge in [0.2, 0.25) is 5.91 Å². The Kier molecular flexibility index (Phi) is 5.98. The van der Waals surface area contributed by atoms with E-state index in [4.69, 9.17) is 4.74 Å². The van der Waals surface area contributed by atoms with E-state index in [2.05, 4.69) is 11.4 Å². The molecule has 1 amide bonds. The van der Waals surface area contributed by atoms with Crippen molar-refractivity contribution in [3.8, 4) is 11.8 Å². The van der Waals surface area contributed by atoms with Gasteiger partial charge in [0.15, 0.2) is 0 Å². The van der Waals surface area contributed by atoms with Crippen LogP contribution in [0.2, 0.25) is 0 Å². The van der Waals surface area contributed by atoms with Crippen LogP contribution in [-0.2, 0) is 4.79 Å². The van der Waals surface area contributed by atoms with Crippen LogP contribution in [0.3, 0.4) is 0 Å². The Balaban J connectivity index is 1.66. The number of benzene rings is 2. The van der Waals surface area contributed by atoms with E-state index in [1.54, 1.807) is 0 Å². The molecule has 2 aromatic rings. The number of nitriles is 1. The van der Waals surface area contributed by atoms with Crippen molar-refractivity contribution < 1.29 is 9.53 Å². The standard InChI is InChI=1S/C21H20N2O2S/c1-15-7-9-17(10-8-15)25-11-12-26-21-19(14-22)18(13-20(24)23-21)16-5-3-2-4-6-16/h2-10,18H,11-13H2,1H3,(H,23,24)/t18-/m1/s1. The van der Waals surface area contributed by atoms with Crippen LogP contribution in [0, 0.1) is 18.3 Å². The molecule has 1 N–H and O–H groups in total. The molecular weight excluding hydrogens is 344 g/mol. The minimum Gasteiger partial charge on any atom is -0.493 e. The quantitative estimate of drug-likeness (QED) is 0.782. The second-order valence-corrected chi connectivity index (χ2v) is 7.19. The number of rotatable bonds is 6. The molecule has 1 aliphatic heterocycles. The highest BCUT2D eigenvalue weighted by Gasteiger charge is 2.29. The van der Waals surface area contributed by atoms with Crippen molar-refractivity contribution >= 4 is 17.7 Å². The minimum absolute atomic E-state index is 0.0557. The highest BCUT2D eigenvalue weighted by molar-refractivity contribution is 8.03. The number of hydrogen-bond donors (Lipinski definition) is 1. The lowest BCUT2D eigenvalue weighted by atomic mass is 9.87. The molecule has 0 saturated carbocycles. The summed E-state index contributed by atoms with van der Waals surface area (Å²) in [5.41, 5.74) is 2.80. The number of ether oxygens (including phenoxy) is 1. The highest BCUT2D eigenvalue weighted by Crippen LogP contribution is 2.35. The van der Waals surface area contributed by atoms with Gasteiger partial charge in [0.1, 0.15) is 5.75 Å². The van der Waals surface area contributed by atoms with Crippen molar-refractivity contribution in [3.63, 3.8) is 0 Å². The molecule has 0 aliphatic carbocycles. The maximum absolute atomic E-state index is 12.1. The normalized spacial score (nSPS) is 16.8. The van der Waals surface area contributed by atoms with Crippen molar-refractivity contribution in [2.75, 3.05) is 12.4 Å². The number of carbonyl (C=O) groups excluding carboxylic acids is 1. The van der Waals surface area contributed by atoms with Gasteiger partial charge in [-0.25, -0.2) is 0 Å². The van der Waals surface area contributed by atoms with E-state index in [0.717, 1.165) is 11.3 Å². The summed E-state index contributed by atoms with van der Waals surface area (Å²) in [5.74, 6) is 1.23. The zero-order chi connectivity index (χ0) is 18.4. The number of carbonyl (C=O) groups is 1. The van der Waals surface area contributed by atoms with E-state index in [1.165, 1.54) is 17.3 Å². The van der Waals surface area contributed by atoms with Crippen LogP contribution in [0.1, 0.15) is 23.5 Å². The molecule has 3 rings (SSSR count). The molecule has 0 radical (unpaired) electrons. The fraction of sp³-hybridized carbons (Fsp3) is 0.238. The third-order valence-corrected chi connectivity index (χ3v) is 5.16. The van der Waals surface area contributed by atoms with Crippen LogP contribution in [0.4, 0.5) is 0 Å². The zero-order valence-corrected chi connectivity index (χ0v) is 15.4. The molecule has 0 unspecified atom stereocenters. The van der Waals surface area contributed by atoms with E-state index in [1.807, 2.05) is 61.5 Å². The number of thioether (sulfide) groups is 1. The summed E-state index contributed by atoms with van der Waals surface area (Å²) in [6.45, 7) is 2.53. The molecule has 0 saturated heterocycles. The minimum atomic E-state index is -0.185. The summed E-state index contributed by atoms with van der Waals surface area (Å²) in [5, 5.41) is 13.1. The van der Waals surface area contributed by atoms with Crippen molar-refractivity contribution in [1.82, 2.24) is 5.32 Å². The van der Waals surface area contributed by atoms with E-state index in [0.29, 0.717) is 29.4 Å². The number of nitrogens with zero attached hydrogens (tertiary/aromatic N) is 1. The van der Waals surface area contributed by atoms with Crippen LogP contribution in [0.15, 0.2) is 65.2 Å². The van der Waals surface area contributed by atoms with Crippen molar-refractivity contribution in [1.29, 1.82) is 5.26 Å². The Morgan fingerprint density at radius 1 is 1.19 bits per heavy atom. The van der Waals surface area contributed by atoms with Gasteiger partial charge in [-0.2, -0.15) is 5.26 Å². The van der Waals surface area contributed by atoms with Crippen molar-refractivity contribution in [2.24, 2.45) is 0 Å². The molecule has 0 bridgehead atoms. The first-order valence-corrected chi connectivity index (χ1v) is 9.47. The summed E-state index contributed by atoms with van der Waals surface area (Å²) in [7, 11) is 0. The summed E-state index contributed by atoms with van der Waals surface area (Å²) in [4.78, 5) is 12.1. The number of hydrogen-bond acceptors (Lipinski definition) is 4. The molecule has 0 spiro atoms. The van der Waals surface area contributed by atoms with Gasteiger partial charge in [-0.15, -0.1) is 11.8 Å². The van der Waals surface area contributed by atoms with E-state index >= 15 is 0 Å². The highest BCUT2D eigenvalue weighted by atomic mass is 32.2. The van der Waals surface area contributed by atoms with Gasteiger partial charge >= 0.3 is 0 Å². The van der Waals surface area contributed by atoms with Crippen LogP contribution >= 0.6 is 11.8 Å². The van der Waals surface area contributed by atoms with Crippen LogP contribution in [0.5, 0.6) is 5.75 Å². The van der Waals surface area contributed by atoms with Gasteiger partial charge in [-0.05, 0) is 24.6 Å². The summed E-state index contributed by atoms with van der Waals surface area (Å²) < 4.78 is 5.72. The first-order valence-electron chi connectivity index (χ1n) is 8.48. The molecule has 2 aromatic carbocycles. The van der Waals surface area contributed by atoms with Gasteiger partial charge in [0.25, 0.3) is 0 Å². The Hall–Kier alpha value is -2.71. The largest absolute Gasteiger partial charge is 0.493 e. The average molecular weight is 364 g/mol. The first kappa shape index (κ1) is 18.1. The predicted molar refractivity (Wildman–Crippen MR) is 104 cm³/mol. The summed E-state index contributed by atoms with van der Waals surface area (Å²) in [6.07, 6.45) is 0.302. The summed E-state index contributed by atoms with van der Waals surface area (Å²) in [6, 6.07) is 19.9. The monoisotopic (exact) mass is 364 g/mol. The van der Waals surface area contributed by atoms with Crippen molar-refractivity contribution in [3.05, 3.63) is 76.3 Å². The number of amides is 1. The molecule has 132 valence electrons. The van der Waals surface area contributed by atoms with Gasteiger partial charge < -0.3 is 10.1 Å². The maximum Gasteiger partial charge on any atom is 0.225 e. The topological polar surface area (TPSA) is 62.1 Å². The fourth-order valence-electron chi connectivity index (χ4n) is 2.84. The lowest BCUT2D eigenvalue weighted by Crippen LogP contribution is -2.31. The van der Waals surface area contributed by atoms with E-state index < -0.39 is 0 Å². The Labute approximate surface area is 157 Å². The molecule has 4 nitrogen and oxygen atoms in total. The Bertz CT molecular complexity index is 839. The van der Waals surface area contributed by atoms with Gasteiger partial charge in [0.05, 0.1) is 23.3 Å². The number of nitrogens with one attached hydrogen (secondary N) is 1. The molecule has 1 heterocycles. The molecule has 0 aromatic heterocycles. The molecule has 5 heteroatoms. The van der Waals surface area contributed by atoms with E-state index in [9.17, 15) is 10.1 Å². The lowest BCUT2D eigenvalue weighted by molar-refractivity contribution is -0.120. The molecule has 1 aliphatic rings. The maximum atomic E-state index is 12.1. The third-order valence-electron chi connectivity index (χ3n) is 4.18. The second-order valence-electron chi connectivity index (χ2n) is 6.08. The smallest absolute Gasteiger partial charge is 0.225 e. The Morgan fingerprint density at radius 3 is 2.62 bits per heavy atom. The Morgan fingerprint density at radius 2 is 1.92 bits per heavy atom. The first-order chi connectivity index (χ1) is 12.7. The zero-order valence-electron chi connectivity index (χ0n) is 14.6. The predicted octanol–water partition coefficient (Wildman–Crippen LogP) is 4.15. The molecule has 26 heavy (non-hydrogen) atoms. The van der Waals surface area contributed by atoms with Gasteiger partial charge in [-0.3, -0.25) is 4.79 Å². The molecule has 0 fully saturated rings. The van der Waals surface area contributed by atoms with Crippen molar-refractivity contribution in [2.45, 2.75) is 19.3 Å². The van der Waals surface area contributed by atoms with Gasteiger partial charge in [-0.1, -0.05) is 48.0 Å². The SMILES string of the molecule is Cc1ccc(OCCSC2=C(C#N)[C@@H](c3ccccc3)CC(=O)N2)cc1. The van der Waals surface area contributed by atoms with E-state index in [-0.39, 0.29) is 11.8 Å².